The van der Waals surface area contributed by atoms with Gasteiger partial charge in [-0.1, -0.05) is 18.5 Å². The predicted molar refractivity (Wildman–Crippen MR) is 106 cm³/mol. The normalized spacial score (nSPS) is 31.2. The molecule has 4 amide bonds. The van der Waals surface area contributed by atoms with Crippen LogP contribution in [-0.4, -0.2) is 40.6 Å². The fourth-order valence-corrected chi connectivity index (χ4v) is 5.13. The third-order valence-corrected chi connectivity index (χ3v) is 6.68. The van der Waals surface area contributed by atoms with E-state index in [2.05, 4.69) is 10.6 Å². The molecule has 154 valence electrons. The van der Waals surface area contributed by atoms with E-state index in [0.29, 0.717) is 22.7 Å². The van der Waals surface area contributed by atoms with Crippen molar-refractivity contribution in [1.82, 2.24) is 10.2 Å². The second kappa shape index (κ2) is 6.81. The molecule has 4 rings (SSSR count). The number of imide groups is 1. The number of carbonyl (C=O) groups is 4. The Morgan fingerprint density at radius 1 is 1.31 bits per heavy atom. The number of likely N-dealkylation sites (tertiary alicyclic amines) is 1. The predicted octanol–water partition coefficient (Wildman–Crippen LogP) is 1.12. The van der Waals surface area contributed by atoms with Crippen molar-refractivity contribution in [2.45, 2.75) is 50.7 Å². The summed E-state index contributed by atoms with van der Waals surface area (Å²) in [5.74, 6) is -3.21. The molecule has 2 saturated heterocycles. The molecule has 3 aliphatic heterocycles. The van der Waals surface area contributed by atoms with E-state index in [1.807, 2.05) is 13.8 Å². The Balaban J connectivity index is 1.85. The van der Waals surface area contributed by atoms with Crippen LogP contribution in [0.5, 0.6) is 0 Å². The molecule has 4 N–H and O–H groups in total. The summed E-state index contributed by atoms with van der Waals surface area (Å²) in [6.07, 6.45) is 0.915. The van der Waals surface area contributed by atoms with Gasteiger partial charge in [-0.3, -0.25) is 29.4 Å². The number of rotatable bonds is 5. The van der Waals surface area contributed by atoms with E-state index >= 15 is 0 Å². The fraction of sp³-hybridized carbons (Fsp3) is 0.500. The molecule has 1 aromatic carbocycles. The Hall–Kier alpha value is -2.45. The number of nitrogens with zero attached hydrogens (tertiary/aromatic N) is 1. The molecule has 0 bridgehead atoms. The molecule has 0 unspecified atom stereocenters. The lowest BCUT2D eigenvalue weighted by Gasteiger charge is -2.31. The smallest absolute Gasteiger partial charge is 0.250 e. The monoisotopic (exact) mass is 418 g/mol. The zero-order valence-electron chi connectivity index (χ0n) is 16.2. The van der Waals surface area contributed by atoms with Gasteiger partial charge in [0, 0.05) is 34.8 Å². The Kier molecular flexibility index (Phi) is 4.66. The van der Waals surface area contributed by atoms with E-state index in [1.54, 1.807) is 18.2 Å². The molecular weight excluding hydrogens is 396 g/mol. The van der Waals surface area contributed by atoms with E-state index in [9.17, 15) is 19.2 Å². The summed E-state index contributed by atoms with van der Waals surface area (Å²) >= 11 is 6.19. The van der Waals surface area contributed by atoms with Gasteiger partial charge in [0.1, 0.15) is 5.54 Å². The Bertz CT molecular complexity index is 935. The lowest BCUT2D eigenvalue weighted by atomic mass is 9.76. The Labute approximate surface area is 173 Å². The third-order valence-electron chi connectivity index (χ3n) is 6.44. The van der Waals surface area contributed by atoms with Crippen molar-refractivity contribution < 1.29 is 19.2 Å². The molecule has 3 heterocycles. The molecule has 29 heavy (non-hydrogen) atoms. The Morgan fingerprint density at radius 2 is 2.03 bits per heavy atom. The van der Waals surface area contributed by atoms with Crippen LogP contribution >= 0.6 is 11.6 Å². The van der Waals surface area contributed by atoms with Crippen LogP contribution in [0.3, 0.4) is 0 Å². The number of hydrogen-bond acceptors (Lipinski definition) is 5. The number of halogens is 1. The molecule has 5 atom stereocenters. The molecular formula is C20H23ClN4O4. The van der Waals surface area contributed by atoms with Gasteiger partial charge in [-0.15, -0.1) is 0 Å². The first-order chi connectivity index (χ1) is 13.7. The standard InChI is InChI=1S/C20H23ClN4O4/c1-3-9(2)25-17(27)15-13(6-7-14(22)26)24-20(16(15)18(25)28)11-8-10(21)4-5-12(11)23-19(20)29/h4-5,8-9,13,15-16,24H,3,6-7H2,1-2H3,(H2,22,26)(H,23,29)/t9-,13-,15+,16-,20+/m0/s1. The van der Waals surface area contributed by atoms with Gasteiger partial charge in [0.2, 0.25) is 23.6 Å². The SMILES string of the molecule is CC[C@H](C)N1C(=O)[C@@H]2[C@H](CCC(N)=O)N[C@@]3(C(=O)Nc4ccc(Cl)cc43)[C@@H]2C1=O. The van der Waals surface area contributed by atoms with Crippen LogP contribution < -0.4 is 16.4 Å². The molecule has 0 aromatic heterocycles. The van der Waals surface area contributed by atoms with Crippen molar-refractivity contribution in [3.8, 4) is 0 Å². The first-order valence-corrected chi connectivity index (χ1v) is 10.1. The van der Waals surface area contributed by atoms with E-state index in [0.717, 1.165) is 0 Å². The minimum atomic E-state index is -1.40. The van der Waals surface area contributed by atoms with Gasteiger partial charge in [-0.2, -0.15) is 0 Å². The average Bonchev–Trinajstić information content (AvgIpc) is 3.25. The summed E-state index contributed by atoms with van der Waals surface area (Å²) < 4.78 is 0. The van der Waals surface area contributed by atoms with Crippen molar-refractivity contribution in [1.29, 1.82) is 0 Å². The summed E-state index contributed by atoms with van der Waals surface area (Å²) in [4.78, 5) is 52.6. The molecule has 2 fully saturated rings. The molecule has 8 nitrogen and oxygen atoms in total. The maximum Gasteiger partial charge on any atom is 0.250 e. The van der Waals surface area contributed by atoms with Crippen LogP contribution in [0.15, 0.2) is 18.2 Å². The number of hydrogen-bond donors (Lipinski definition) is 3. The molecule has 0 aliphatic carbocycles. The number of anilines is 1. The molecule has 1 aromatic rings. The molecule has 3 aliphatic rings. The van der Waals surface area contributed by atoms with Crippen molar-refractivity contribution in [2.75, 3.05) is 5.32 Å². The van der Waals surface area contributed by atoms with Crippen LogP contribution in [0.4, 0.5) is 5.69 Å². The number of primary amides is 1. The highest BCUT2D eigenvalue weighted by molar-refractivity contribution is 6.31. The minimum absolute atomic E-state index is 0.0474. The number of benzene rings is 1. The average molecular weight is 419 g/mol. The second-order valence-electron chi connectivity index (χ2n) is 8.02. The van der Waals surface area contributed by atoms with Crippen molar-refractivity contribution in [3.63, 3.8) is 0 Å². The third kappa shape index (κ3) is 2.69. The number of amides is 4. The first-order valence-electron chi connectivity index (χ1n) is 9.76. The van der Waals surface area contributed by atoms with Crippen LogP contribution in [0.25, 0.3) is 0 Å². The molecule has 0 radical (unpaired) electrons. The number of nitrogens with one attached hydrogen (secondary N) is 2. The van der Waals surface area contributed by atoms with Crippen LogP contribution in [0.2, 0.25) is 5.02 Å². The van der Waals surface area contributed by atoms with Gasteiger partial charge in [0.15, 0.2) is 0 Å². The summed E-state index contributed by atoms with van der Waals surface area (Å²) in [6, 6.07) is 4.18. The second-order valence-corrected chi connectivity index (χ2v) is 8.45. The Morgan fingerprint density at radius 3 is 2.69 bits per heavy atom. The summed E-state index contributed by atoms with van der Waals surface area (Å²) in [5, 5.41) is 6.49. The van der Waals surface area contributed by atoms with Gasteiger partial charge in [-0.25, -0.2) is 0 Å². The number of carbonyl (C=O) groups excluding carboxylic acids is 4. The van der Waals surface area contributed by atoms with Crippen LogP contribution in [0, 0.1) is 11.8 Å². The van der Waals surface area contributed by atoms with Gasteiger partial charge in [0.25, 0.3) is 0 Å². The van der Waals surface area contributed by atoms with Crippen molar-refractivity contribution in [3.05, 3.63) is 28.8 Å². The highest BCUT2D eigenvalue weighted by Crippen LogP contribution is 2.54. The van der Waals surface area contributed by atoms with Crippen LogP contribution in [-0.2, 0) is 24.7 Å². The van der Waals surface area contributed by atoms with E-state index in [1.165, 1.54) is 4.90 Å². The maximum atomic E-state index is 13.4. The molecule has 1 spiro atoms. The summed E-state index contributed by atoms with van der Waals surface area (Å²) in [6.45, 7) is 3.71. The van der Waals surface area contributed by atoms with Gasteiger partial charge in [-0.05, 0) is 38.0 Å². The zero-order valence-corrected chi connectivity index (χ0v) is 17.0. The zero-order chi connectivity index (χ0) is 21.1. The topological polar surface area (TPSA) is 122 Å². The van der Waals surface area contributed by atoms with E-state index in [4.69, 9.17) is 17.3 Å². The largest absolute Gasteiger partial charge is 0.370 e. The van der Waals surface area contributed by atoms with E-state index < -0.39 is 35.2 Å². The van der Waals surface area contributed by atoms with Gasteiger partial charge >= 0.3 is 0 Å². The summed E-state index contributed by atoms with van der Waals surface area (Å²) in [5.41, 5.74) is 5.02. The highest BCUT2D eigenvalue weighted by atomic mass is 35.5. The molecule has 0 saturated carbocycles. The van der Waals surface area contributed by atoms with Gasteiger partial charge in [0.05, 0.1) is 11.8 Å². The fourth-order valence-electron chi connectivity index (χ4n) is 4.96. The molecule has 9 heteroatoms. The minimum Gasteiger partial charge on any atom is -0.370 e. The quantitative estimate of drug-likeness (QED) is 0.618. The van der Waals surface area contributed by atoms with Crippen molar-refractivity contribution >= 4 is 40.9 Å². The number of fused-ring (bicyclic) bond motifs is 4. The van der Waals surface area contributed by atoms with Crippen LogP contribution in [0.1, 0.15) is 38.7 Å². The lowest BCUT2D eigenvalue weighted by molar-refractivity contribution is -0.145. The van der Waals surface area contributed by atoms with Crippen molar-refractivity contribution in [2.24, 2.45) is 17.6 Å². The highest BCUT2D eigenvalue weighted by Gasteiger charge is 2.70. The lowest BCUT2D eigenvalue weighted by Crippen LogP contribution is -2.54. The summed E-state index contributed by atoms with van der Waals surface area (Å²) in [7, 11) is 0. The van der Waals surface area contributed by atoms with E-state index in [-0.39, 0.29) is 30.7 Å². The first kappa shape index (κ1) is 19.8. The maximum absolute atomic E-state index is 13.4. The van der Waals surface area contributed by atoms with Gasteiger partial charge < -0.3 is 11.1 Å². The number of nitrogens with two attached hydrogens (primary N) is 1.